The minimum Gasteiger partial charge on any atom is -0.245 e. The second-order valence-corrected chi connectivity index (χ2v) is 3.48. The van der Waals surface area contributed by atoms with E-state index in [9.17, 15) is 13.2 Å². The van der Waals surface area contributed by atoms with Gasteiger partial charge in [0.1, 0.15) is 4.60 Å². The Bertz CT molecular complexity index is 333. The number of halogens is 4. The van der Waals surface area contributed by atoms with Gasteiger partial charge in [-0.2, -0.15) is 13.2 Å². The number of aromatic nitrogens is 1. The van der Waals surface area contributed by atoms with Gasteiger partial charge in [-0.15, -0.1) is 0 Å². The molecule has 0 N–H and O–H groups in total. The van der Waals surface area contributed by atoms with Gasteiger partial charge in [0.05, 0.1) is 11.3 Å². The van der Waals surface area contributed by atoms with Gasteiger partial charge in [-0.1, -0.05) is 0 Å². The molecule has 0 amide bonds. The van der Waals surface area contributed by atoms with Crippen LogP contribution in [0.3, 0.4) is 0 Å². The van der Waals surface area contributed by atoms with E-state index in [1.54, 1.807) is 6.92 Å². The van der Waals surface area contributed by atoms with Crippen molar-refractivity contribution >= 4 is 15.9 Å². The van der Waals surface area contributed by atoms with Gasteiger partial charge in [-0.05, 0) is 41.4 Å². The molecule has 1 aromatic heterocycles. The van der Waals surface area contributed by atoms with Gasteiger partial charge < -0.3 is 0 Å². The van der Waals surface area contributed by atoms with Crippen LogP contribution in [0.4, 0.5) is 13.2 Å². The smallest absolute Gasteiger partial charge is 0.245 e. The van der Waals surface area contributed by atoms with E-state index in [2.05, 4.69) is 20.9 Å². The van der Waals surface area contributed by atoms with Crippen molar-refractivity contribution in [3.8, 4) is 0 Å². The second-order valence-electron chi connectivity index (χ2n) is 2.73. The third kappa shape index (κ3) is 2.21. The topological polar surface area (TPSA) is 12.9 Å². The highest BCUT2D eigenvalue weighted by Gasteiger charge is 2.33. The molecular weight excluding hydrogens is 247 g/mol. The summed E-state index contributed by atoms with van der Waals surface area (Å²) in [4.78, 5) is 3.74. The lowest BCUT2D eigenvalue weighted by molar-refractivity contribution is -0.138. The highest BCUT2D eigenvalue weighted by Crippen LogP contribution is 2.32. The van der Waals surface area contributed by atoms with Crippen molar-refractivity contribution < 1.29 is 13.2 Å². The van der Waals surface area contributed by atoms with Crippen LogP contribution in [-0.2, 0) is 6.18 Å². The van der Waals surface area contributed by atoms with Crippen LogP contribution < -0.4 is 0 Å². The fourth-order valence-corrected chi connectivity index (χ4v) is 1.34. The van der Waals surface area contributed by atoms with Gasteiger partial charge in [-0.3, -0.25) is 0 Å². The van der Waals surface area contributed by atoms with Gasteiger partial charge in [0.2, 0.25) is 0 Å². The predicted molar refractivity (Wildman–Crippen MR) is 46.4 cm³/mol. The number of nitrogens with zero attached hydrogens (tertiary/aromatic N) is 1. The Morgan fingerprint density at radius 1 is 1.31 bits per heavy atom. The molecule has 1 aromatic rings. The van der Waals surface area contributed by atoms with Crippen LogP contribution in [-0.4, -0.2) is 4.98 Å². The zero-order chi connectivity index (χ0) is 10.2. The molecule has 0 aliphatic heterocycles. The van der Waals surface area contributed by atoms with Crippen LogP contribution in [0.1, 0.15) is 16.8 Å². The third-order valence-corrected chi connectivity index (χ3v) is 2.45. The van der Waals surface area contributed by atoms with Gasteiger partial charge in [0.25, 0.3) is 0 Å². The summed E-state index contributed by atoms with van der Waals surface area (Å²) in [5.41, 5.74) is -0.198. The summed E-state index contributed by atoms with van der Waals surface area (Å²) in [7, 11) is 0. The van der Waals surface area contributed by atoms with Gasteiger partial charge >= 0.3 is 6.18 Å². The van der Waals surface area contributed by atoms with E-state index >= 15 is 0 Å². The molecule has 0 fully saturated rings. The van der Waals surface area contributed by atoms with Crippen molar-refractivity contribution in [1.29, 1.82) is 0 Å². The van der Waals surface area contributed by atoms with Crippen molar-refractivity contribution in [2.24, 2.45) is 0 Å². The number of rotatable bonds is 0. The molecule has 1 rings (SSSR count). The minimum atomic E-state index is -4.32. The van der Waals surface area contributed by atoms with Crippen molar-refractivity contribution in [2.45, 2.75) is 20.0 Å². The van der Waals surface area contributed by atoms with Crippen LogP contribution in [0.5, 0.6) is 0 Å². The molecule has 0 saturated heterocycles. The van der Waals surface area contributed by atoms with E-state index < -0.39 is 11.7 Å². The molecule has 1 heterocycles. The summed E-state index contributed by atoms with van der Waals surface area (Å²) in [5.74, 6) is 0. The fraction of sp³-hybridized carbons (Fsp3) is 0.375. The van der Waals surface area contributed by atoms with Crippen molar-refractivity contribution in [2.75, 3.05) is 0 Å². The van der Waals surface area contributed by atoms with E-state index in [0.29, 0.717) is 10.2 Å². The molecule has 0 bridgehead atoms. The molecule has 72 valence electrons. The zero-order valence-electron chi connectivity index (χ0n) is 7.04. The maximum absolute atomic E-state index is 12.3. The number of aryl methyl sites for hydroxylation is 2. The van der Waals surface area contributed by atoms with Crippen LogP contribution in [0, 0.1) is 13.8 Å². The molecule has 0 radical (unpaired) electrons. The van der Waals surface area contributed by atoms with Crippen LogP contribution in [0.15, 0.2) is 10.7 Å². The first-order chi connectivity index (χ1) is 5.82. The lowest BCUT2D eigenvalue weighted by Crippen LogP contribution is -2.09. The molecule has 0 spiro atoms. The van der Waals surface area contributed by atoms with Crippen LogP contribution in [0.25, 0.3) is 0 Å². The van der Waals surface area contributed by atoms with Gasteiger partial charge in [0.15, 0.2) is 0 Å². The molecule has 1 nitrogen and oxygen atoms in total. The zero-order valence-corrected chi connectivity index (χ0v) is 8.62. The number of pyridine rings is 1. The van der Waals surface area contributed by atoms with Crippen LogP contribution >= 0.6 is 15.9 Å². The number of hydrogen-bond donors (Lipinski definition) is 0. The van der Waals surface area contributed by atoms with Crippen LogP contribution in [0.2, 0.25) is 0 Å². The highest BCUT2D eigenvalue weighted by molar-refractivity contribution is 9.10. The van der Waals surface area contributed by atoms with Crippen molar-refractivity contribution in [3.63, 3.8) is 0 Å². The maximum atomic E-state index is 12.3. The SMILES string of the molecule is Cc1cc(C(F)(F)F)c(C)nc1Br. The van der Waals surface area contributed by atoms with E-state index in [4.69, 9.17) is 0 Å². The van der Waals surface area contributed by atoms with E-state index in [1.807, 2.05) is 0 Å². The molecule has 13 heavy (non-hydrogen) atoms. The Balaban J connectivity index is 3.32. The monoisotopic (exact) mass is 253 g/mol. The summed E-state index contributed by atoms with van der Waals surface area (Å²) in [6.45, 7) is 2.92. The third-order valence-electron chi connectivity index (χ3n) is 1.65. The summed E-state index contributed by atoms with van der Waals surface area (Å²) in [5, 5.41) is 0. The Morgan fingerprint density at radius 3 is 2.31 bits per heavy atom. The molecule has 0 atom stereocenters. The minimum absolute atomic E-state index is 0.00928. The lowest BCUT2D eigenvalue weighted by atomic mass is 10.1. The standard InChI is InChI=1S/C8H7BrF3N/c1-4-3-6(8(10,11)12)5(2)13-7(4)9/h3H,1-2H3. The fourth-order valence-electron chi connectivity index (χ4n) is 0.963. The first-order valence-electron chi connectivity index (χ1n) is 3.53. The summed E-state index contributed by atoms with van der Waals surface area (Å²) < 4.78 is 37.4. The molecule has 0 unspecified atom stereocenters. The normalized spacial score (nSPS) is 11.8. The first kappa shape index (κ1) is 10.5. The van der Waals surface area contributed by atoms with E-state index in [0.717, 1.165) is 6.07 Å². The quantitative estimate of drug-likeness (QED) is 0.646. The molecule has 0 saturated carbocycles. The van der Waals surface area contributed by atoms with Gasteiger partial charge in [0, 0.05) is 0 Å². The second kappa shape index (κ2) is 3.29. The Hall–Kier alpha value is -0.580. The van der Waals surface area contributed by atoms with Crippen molar-refractivity contribution in [3.05, 3.63) is 27.5 Å². The predicted octanol–water partition coefficient (Wildman–Crippen LogP) is 3.48. The Labute approximate surface area is 82.1 Å². The van der Waals surface area contributed by atoms with Gasteiger partial charge in [-0.25, -0.2) is 4.98 Å². The highest BCUT2D eigenvalue weighted by atomic mass is 79.9. The molecular formula is C8H7BrF3N. The molecule has 0 aliphatic rings. The van der Waals surface area contributed by atoms with E-state index in [1.165, 1.54) is 6.92 Å². The number of alkyl halides is 3. The molecule has 5 heteroatoms. The maximum Gasteiger partial charge on any atom is 0.418 e. The Kier molecular flexibility index (Phi) is 2.66. The molecule has 0 aliphatic carbocycles. The first-order valence-corrected chi connectivity index (χ1v) is 4.32. The molecule has 0 aromatic carbocycles. The summed E-state index contributed by atoms with van der Waals surface area (Å²) in [6, 6.07) is 1.09. The lowest BCUT2D eigenvalue weighted by Gasteiger charge is -2.10. The average molecular weight is 254 g/mol. The summed E-state index contributed by atoms with van der Waals surface area (Å²) in [6.07, 6.45) is -4.32. The number of hydrogen-bond acceptors (Lipinski definition) is 1. The average Bonchev–Trinajstić information content (AvgIpc) is 1.94. The van der Waals surface area contributed by atoms with E-state index in [-0.39, 0.29) is 5.69 Å². The van der Waals surface area contributed by atoms with Crippen molar-refractivity contribution in [1.82, 2.24) is 4.98 Å². The Morgan fingerprint density at radius 2 is 1.85 bits per heavy atom. The largest absolute Gasteiger partial charge is 0.418 e. The summed E-state index contributed by atoms with van der Waals surface area (Å²) >= 11 is 3.07.